The van der Waals surface area contributed by atoms with Crippen molar-refractivity contribution in [1.82, 2.24) is 0 Å². The molecule has 4 N–H and O–H groups in total. The molecule has 0 saturated heterocycles. The number of sulfonamides is 1. The number of anilines is 1. The number of primary sulfonamides is 1. The van der Waals surface area contributed by atoms with Crippen LogP contribution in [-0.4, -0.2) is 32.0 Å². The van der Waals surface area contributed by atoms with Crippen LogP contribution >= 0.6 is 11.6 Å². The predicted molar refractivity (Wildman–Crippen MR) is 90.4 cm³/mol. The zero-order valence-electron chi connectivity index (χ0n) is 12.6. The van der Waals surface area contributed by atoms with E-state index in [1.807, 2.05) is 0 Å². The fraction of sp³-hybridized carbons (Fsp3) is 0.0667. The van der Waals surface area contributed by atoms with E-state index in [9.17, 15) is 18.0 Å². The Morgan fingerprint density at radius 3 is 2.36 bits per heavy atom. The Morgan fingerprint density at radius 1 is 1.16 bits per heavy atom. The predicted octanol–water partition coefficient (Wildman–Crippen LogP) is 1.70. The first kappa shape index (κ1) is 18.7. The SMILES string of the molecule is NS(=O)(=O)c1ccc(NC(=O)COc2ccc(Cl)cc2C(=O)O)cc1. The number of hydrogen-bond donors (Lipinski definition) is 3. The molecular weight excluding hydrogens is 372 g/mol. The van der Waals surface area contributed by atoms with Crippen molar-refractivity contribution < 1.29 is 27.9 Å². The lowest BCUT2D eigenvalue weighted by Crippen LogP contribution is -2.21. The van der Waals surface area contributed by atoms with E-state index in [-0.39, 0.29) is 21.2 Å². The van der Waals surface area contributed by atoms with Gasteiger partial charge in [0.2, 0.25) is 10.0 Å². The minimum absolute atomic E-state index is 0.00313. The molecule has 0 spiro atoms. The minimum Gasteiger partial charge on any atom is -0.483 e. The van der Waals surface area contributed by atoms with Gasteiger partial charge in [0.05, 0.1) is 4.90 Å². The van der Waals surface area contributed by atoms with Crippen molar-refractivity contribution in [2.45, 2.75) is 4.90 Å². The molecule has 0 bridgehead atoms. The zero-order chi connectivity index (χ0) is 18.6. The highest BCUT2D eigenvalue weighted by Gasteiger charge is 2.14. The Morgan fingerprint density at radius 2 is 1.80 bits per heavy atom. The number of aromatic carboxylic acids is 1. The van der Waals surface area contributed by atoms with Crippen LogP contribution in [0, 0.1) is 0 Å². The summed E-state index contributed by atoms with van der Waals surface area (Å²) in [6, 6.07) is 9.21. The van der Waals surface area contributed by atoms with Gasteiger partial charge in [0.25, 0.3) is 5.91 Å². The van der Waals surface area contributed by atoms with E-state index in [2.05, 4.69) is 5.32 Å². The van der Waals surface area contributed by atoms with Crippen LogP contribution in [0.1, 0.15) is 10.4 Å². The van der Waals surface area contributed by atoms with Crippen LogP contribution in [0.5, 0.6) is 5.75 Å². The minimum atomic E-state index is -3.81. The van der Waals surface area contributed by atoms with Gasteiger partial charge in [0, 0.05) is 10.7 Å². The molecule has 2 rings (SSSR count). The number of carbonyl (C=O) groups is 2. The third kappa shape index (κ3) is 5.18. The first-order valence-corrected chi connectivity index (χ1v) is 8.67. The third-order valence-corrected chi connectivity index (χ3v) is 4.16. The van der Waals surface area contributed by atoms with Crippen molar-refractivity contribution in [1.29, 1.82) is 0 Å². The van der Waals surface area contributed by atoms with Crippen LogP contribution in [0.4, 0.5) is 5.69 Å². The Kier molecular flexibility index (Phi) is 5.62. The fourth-order valence-corrected chi connectivity index (χ4v) is 2.55. The zero-order valence-corrected chi connectivity index (χ0v) is 14.2. The summed E-state index contributed by atoms with van der Waals surface area (Å²) in [5, 5.41) is 16.8. The Bertz CT molecular complexity index is 912. The molecule has 8 nitrogen and oxygen atoms in total. The molecule has 25 heavy (non-hydrogen) atoms. The molecule has 0 heterocycles. The number of ether oxygens (including phenoxy) is 1. The Balaban J connectivity index is 2.01. The maximum atomic E-state index is 11.9. The Labute approximate surface area is 148 Å². The van der Waals surface area contributed by atoms with Crippen LogP contribution in [0.25, 0.3) is 0 Å². The summed E-state index contributed by atoms with van der Waals surface area (Å²) in [6.07, 6.45) is 0. The summed E-state index contributed by atoms with van der Waals surface area (Å²) >= 11 is 5.73. The largest absolute Gasteiger partial charge is 0.483 e. The van der Waals surface area contributed by atoms with E-state index >= 15 is 0 Å². The fourth-order valence-electron chi connectivity index (χ4n) is 1.86. The van der Waals surface area contributed by atoms with Crippen molar-refractivity contribution in [2.24, 2.45) is 5.14 Å². The molecule has 132 valence electrons. The molecule has 0 atom stereocenters. The van der Waals surface area contributed by atoms with E-state index in [0.29, 0.717) is 5.69 Å². The molecule has 2 aromatic rings. The summed E-state index contributed by atoms with van der Waals surface area (Å²) in [5.74, 6) is -1.80. The molecule has 0 aliphatic carbocycles. The van der Waals surface area contributed by atoms with E-state index in [4.69, 9.17) is 26.6 Å². The van der Waals surface area contributed by atoms with Crippen LogP contribution < -0.4 is 15.2 Å². The highest BCUT2D eigenvalue weighted by molar-refractivity contribution is 7.89. The second-order valence-electron chi connectivity index (χ2n) is 4.85. The molecule has 10 heteroatoms. The average Bonchev–Trinajstić information content (AvgIpc) is 2.53. The van der Waals surface area contributed by atoms with Crippen molar-refractivity contribution in [3.8, 4) is 5.75 Å². The third-order valence-electron chi connectivity index (χ3n) is 3.00. The first-order chi connectivity index (χ1) is 11.7. The van der Waals surface area contributed by atoms with Gasteiger partial charge in [-0.25, -0.2) is 18.4 Å². The van der Waals surface area contributed by atoms with Gasteiger partial charge in [-0.3, -0.25) is 4.79 Å². The summed E-state index contributed by atoms with van der Waals surface area (Å²) in [5.41, 5.74) is 0.161. The standard InChI is InChI=1S/C15H13ClN2O6S/c16-9-1-6-13(12(7-9)15(20)21)24-8-14(19)18-10-2-4-11(5-3-10)25(17,22)23/h1-7H,8H2,(H,18,19)(H,20,21)(H2,17,22,23). The van der Waals surface area contributed by atoms with E-state index in [0.717, 1.165) is 0 Å². The lowest BCUT2D eigenvalue weighted by molar-refractivity contribution is -0.118. The highest BCUT2D eigenvalue weighted by atomic mass is 35.5. The topological polar surface area (TPSA) is 136 Å². The number of amides is 1. The summed E-state index contributed by atoms with van der Waals surface area (Å²) in [6.45, 7) is -0.446. The van der Waals surface area contributed by atoms with Gasteiger partial charge in [-0.2, -0.15) is 0 Å². The number of carbonyl (C=O) groups excluding carboxylic acids is 1. The van der Waals surface area contributed by atoms with Crippen LogP contribution in [0.15, 0.2) is 47.4 Å². The van der Waals surface area contributed by atoms with Gasteiger partial charge in [0.15, 0.2) is 6.61 Å². The lowest BCUT2D eigenvalue weighted by atomic mass is 10.2. The summed E-state index contributed by atoms with van der Waals surface area (Å²) in [4.78, 5) is 22.9. The van der Waals surface area contributed by atoms with Gasteiger partial charge in [-0.05, 0) is 42.5 Å². The van der Waals surface area contributed by atoms with Gasteiger partial charge in [0.1, 0.15) is 11.3 Å². The number of halogens is 1. The smallest absolute Gasteiger partial charge is 0.339 e. The number of nitrogens with one attached hydrogen (secondary N) is 1. The number of carboxylic acids is 1. The lowest BCUT2D eigenvalue weighted by Gasteiger charge is -2.10. The molecule has 0 unspecified atom stereocenters. The second-order valence-corrected chi connectivity index (χ2v) is 6.85. The van der Waals surface area contributed by atoms with Crippen molar-refractivity contribution in [3.05, 3.63) is 53.1 Å². The summed E-state index contributed by atoms with van der Waals surface area (Å²) < 4.78 is 27.5. The number of hydrogen-bond acceptors (Lipinski definition) is 5. The molecule has 0 fully saturated rings. The average molecular weight is 385 g/mol. The van der Waals surface area contributed by atoms with Crippen molar-refractivity contribution in [2.75, 3.05) is 11.9 Å². The molecule has 2 aromatic carbocycles. The van der Waals surface area contributed by atoms with E-state index in [1.165, 1.54) is 42.5 Å². The second kappa shape index (κ2) is 7.51. The van der Waals surface area contributed by atoms with Crippen LogP contribution in [0.3, 0.4) is 0 Å². The van der Waals surface area contributed by atoms with Gasteiger partial charge in [-0.15, -0.1) is 0 Å². The molecule has 0 aliphatic rings. The number of rotatable bonds is 6. The highest BCUT2D eigenvalue weighted by Crippen LogP contribution is 2.23. The number of benzene rings is 2. The quantitative estimate of drug-likeness (QED) is 0.693. The van der Waals surface area contributed by atoms with E-state index in [1.54, 1.807) is 0 Å². The van der Waals surface area contributed by atoms with Gasteiger partial charge in [-0.1, -0.05) is 11.6 Å². The molecule has 0 saturated carbocycles. The first-order valence-electron chi connectivity index (χ1n) is 6.75. The summed E-state index contributed by atoms with van der Waals surface area (Å²) in [7, 11) is -3.81. The normalized spacial score (nSPS) is 11.0. The van der Waals surface area contributed by atoms with Gasteiger partial charge >= 0.3 is 5.97 Å². The van der Waals surface area contributed by atoms with Crippen LogP contribution in [0.2, 0.25) is 5.02 Å². The monoisotopic (exact) mass is 384 g/mol. The molecule has 1 amide bonds. The van der Waals surface area contributed by atoms with Gasteiger partial charge < -0.3 is 15.2 Å². The molecule has 0 radical (unpaired) electrons. The van der Waals surface area contributed by atoms with Crippen LogP contribution in [-0.2, 0) is 14.8 Å². The molecular formula is C15H13ClN2O6S. The number of nitrogens with two attached hydrogens (primary N) is 1. The van der Waals surface area contributed by atoms with E-state index < -0.39 is 28.5 Å². The number of carboxylic acid groups (broad SMARTS) is 1. The maximum Gasteiger partial charge on any atom is 0.339 e. The van der Waals surface area contributed by atoms with Crippen molar-refractivity contribution in [3.63, 3.8) is 0 Å². The molecule has 0 aliphatic heterocycles. The maximum absolute atomic E-state index is 11.9. The Hall–Kier alpha value is -2.62. The van der Waals surface area contributed by atoms with Crippen molar-refractivity contribution >= 4 is 39.2 Å². The molecule has 0 aromatic heterocycles.